The monoisotopic (exact) mass is 373 g/mol. The van der Waals surface area contributed by atoms with E-state index < -0.39 is 0 Å². The van der Waals surface area contributed by atoms with E-state index in [0.717, 1.165) is 5.56 Å². The van der Waals surface area contributed by atoms with E-state index in [-0.39, 0.29) is 12.5 Å². The number of hydrogen-bond acceptors (Lipinski definition) is 5. The van der Waals surface area contributed by atoms with Crippen LogP contribution in [0.3, 0.4) is 0 Å². The molecular weight excluding hydrogens is 354 g/mol. The number of amides is 1. The zero-order valence-electron chi connectivity index (χ0n) is 14.9. The Hall–Kier alpha value is -2.75. The van der Waals surface area contributed by atoms with Crippen molar-refractivity contribution in [3.05, 3.63) is 52.5 Å². The molecule has 26 heavy (non-hydrogen) atoms. The molecule has 0 saturated carbocycles. The van der Waals surface area contributed by atoms with Gasteiger partial charge in [0.05, 0.1) is 32.0 Å². The van der Waals surface area contributed by atoms with Crippen molar-refractivity contribution in [2.75, 3.05) is 33.1 Å². The molecule has 0 aromatic heterocycles. The maximum absolute atomic E-state index is 12.3. The lowest BCUT2D eigenvalue weighted by atomic mass is 10.1. The summed E-state index contributed by atoms with van der Waals surface area (Å²) in [7, 11) is 4.98. The fraction of sp³-hybridized carbons (Fsp3) is 0.263. The lowest BCUT2D eigenvalue weighted by Gasteiger charge is -2.19. The predicted molar refractivity (Wildman–Crippen MR) is 101 cm³/mol. The molecule has 6 nitrogen and oxygen atoms in total. The maximum atomic E-state index is 12.3. The Labute approximate surface area is 157 Å². The minimum Gasteiger partial charge on any atom is -0.493 e. The zero-order valence-corrected chi connectivity index (χ0v) is 15.6. The molecule has 0 unspecified atom stereocenters. The first-order chi connectivity index (χ1) is 12.5. The summed E-state index contributed by atoms with van der Waals surface area (Å²) in [6.07, 6.45) is 0. The third-order valence-electron chi connectivity index (χ3n) is 3.71. The second-order valence-corrected chi connectivity index (χ2v) is 6.11. The summed E-state index contributed by atoms with van der Waals surface area (Å²) in [6.45, 7) is 0.631. The molecule has 0 heterocycles. The summed E-state index contributed by atoms with van der Waals surface area (Å²) in [6, 6.07) is 12.4. The molecule has 0 bridgehead atoms. The van der Waals surface area contributed by atoms with Crippen molar-refractivity contribution in [1.29, 1.82) is 5.26 Å². The number of para-hydroxylation sites is 1. The van der Waals surface area contributed by atoms with Gasteiger partial charge in [0.2, 0.25) is 5.91 Å². The third kappa shape index (κ3) is 4.88. The molecule has 2 aromatic rings. The van der Waals surface area contributed by atoms with Crippen LogP contribution in [0.1, 0.15) is 11.1 Å². The number of methoxy groups -OCH3 is 2. The molecule has 2 aromatic carbocycles. The summed E-state index contributed by atoms with van der Waals surface area (Å²) in [5.41, 5.74) is 1.67. The molecule has 0 spiro atoms. The van der Waals surface area contributed by atoms with Gasteiger partial charge in [0.15, 0.2) is 11.5 Å². The molecule has 0 aliphatic heterocycles. The Bertz CT molecular complexity index is 833. The van der Waals surface area contributed by atoms with Crippen molar-refractivity contribution >= 4 is 23.2 Å². The number of benzene rings is 2. The number of carbonyl (C=O) groups is 1. The van der Waals surface area contributed by atoms with Gasteiger partial charge in [0.25, 0.3) is 0 Å². The SMILES string of the molecule is COc1cccc(CN(C)CC(=O)Nc2cc(Cl)ccc2C#N)c1OC. The van der Waals surface area contributed by atoms with Gasteiger partial charge in [-0.1, -0.05) is 23.7 Å². The van der Waals surface area contributed by atoms with Gasteiger partial charge >= 0.3 is 0 Å². The lowest BCUT2D eigenvalue weighted by molar-refractivity contribution is -0.117. The molecule has 0 saturated heterocycles. The predicted octanol–water partition coefficient (Wildman–Crippen LogP) is 3.30. The molecule has 0 atom stereocenters. The van der Waals surface area contributed by atoms with Crippen LogP contribution in [0.2, 0.25) is 5.02 Å². The first kappa shape index (κ1) is 19.6. The summed E-state index contributed by atoms with van der Waals surface area (Å²) >= 11 is 5.94. The van der Waals surface area contributed by atoms with Gasteiger partial charge in [0, 0.05) is 17.1 Å². The van der Waals surface area contributed by atoms with E-state index >= 15 is 0 Å². The number of nitrogens with zero attached hydrogens (tertiary/aromatic N) is 2. The highest BCUT2D eigenvalue weighted by molar-refractivity contribution is 6.31. The molecular formula is C19H20ClN3O3. The van der Waals surface area contributed by atoms with Gasteiger partial charge in [-0.2, -0.15) is 5.26 Å². The van der Waals surface area contributed by atoms with Crippen LogP contribution in [0.15, 0.2) is 36.4 Å². The number of carbonyl (C=O) groups excluding carboxylic acids is 1. The van der Waals surface area contributed by atoms with Crippen molar-refractivity contribution in [2.24, 2.45) is 0 Å². The van der Waals surface area contributed by atoms with Crippen LogP contribution in [0.25, 0.3) is 0 Å². The number of likely N-dealkylation sites (N-methyl/N-ethyl adjacent to an activating group) is 1. The van der Waals surface area contributed by atoms with Crippen LogP contribution in [0, 0.1) is 11.3 Å². The van der Waals surface area contributed by atoms with Crippen LogP contribution in [0.5, 0.6) is 11.5 Å². The Morgan fingerprint density at radius 3 is 2.69 bits per heavy atom. The quantitative estimate of drug-likeness (QED) is 0.806. The standard InChI is InChI=1S/C19H20ClN3O3/c1-23(11-14-5-4-6-17(25-2)19(14)26-3)12-18(24)22-16-9-15(20)8-7-13(16)10-21/h4-9H,11-12H2,1-3H3,(H,22,24). The van der Waals surface area contributed by atoms with Gasteiger partial charge in [-0.3, -0.25) is 9.69 Å². The number of nitrogens with one attached hydrogen (secondary N) is 1. The molecule has 0 aliphatic rings. The van der Waals surface area contributed by atoms with Crippen LogP contribution in [0.4, 0.5) is 5.69 Å². The van der Waals surface area contributed by atoms with E-state index in [1.807, 2.05) is 36.2 Å². The smallest absolute Gasteiger partial charge is 0.238 e. The highest BCUT2D eigenvalue weighted by Gasteiger charge is 2.14. The fourth-order valence-corrected chi connectivity index (χ4v) is 2.75. The average molecular weight is 374 g/mol. The summed E-state index contributed by atoms with van der Waals surface area (Å²) < 4.78 is 10.7. The average Bonchev–Trinajstić information content (AvgIpc) is 2.61. The van der Waals surface area contributed by atoms with Crippen molar-refractivity contribution in [2.45, 2.75) is 6.54 Å². The number of hydrogen-bond donors (Lipinski definition) is 1. The van der Waals surface area contributed by atoms with E-state index in [4.69, 9.17) is 26.3 Å². The second-order valence-electron chi connectivity index (χ2n) is 5.67. The minimum atomic E-state index is -0.242. The van der Waals surface area contributed by atoms with E-state index in [2.05, 4.69) is 5.32 Å². The van der Waals surface area contributed by atoms with Crippen LogP contribution in [-0.2, 0) is 11.3 Å². The highest BCUT2D eigenvalue weighted by Crippen LogP contribution is 2.31. The first-order valence-corrected chi connectivity index (χ1v) is 8.24. The molecule has 0 aliphatic carbocycles. The number of rotatable bonds is 7. The number of anilines is 1. The molecule has 1 amide bonds. The zero-order chi connectivity index (χ0) is 19.1. The van der Waals surface area contributed by atoms with E-state index in [1.54, 1.807) is 32.4 Å². The Balaban J connectivity index is 2.05. The third-order valence-corrected chi connectivity index (χ3v) is 3.95. The summed E-state index contributed by atoms with van der Waals surface area (Å²) in [4.78, 5) is 14.1. The Morgan fingerprint density at radius 1 is 1.27 bits per heavy atom. The molecule has 1 N–H and O–H groups in total. The van der Waals surface area contributed by atoms with E-state index in [9.17, 15) is 4.79 Å². The van der Waals surface area contributed by atoms with Gasteiger partial charge in [0.1, 0.15) is 6.07 Å². The molecule has 0 fully saturated rings. The Morgan fingerprint density at radius 2 is 2.04 bits per heavy atom. The first-order valence-electron chi connectivity index (χ1n) is 7.86. The van der Waals surface area contributed by atoms with Crippen molar-refractivity contribution in [1.82, 2.24) is 4.90 Å². The van der Waals surface area contributed by atoms with Gasteiger partial charge < -0.3 is 14.8 Å². The van der Waals surface area contributed by atoms with Gasteiger partial charge in [-0.25, -0.2) is 0 Å². The van der Waals surface area contributed by atoms with Crippen LogP contribution >= 0.6 is 11.6 Å². The van der Waals surface area contributed by atoms with Crippen molar-refractivity contribution < 1.29 is 14.3 Å². The van der Waals surface area contributed by atoms with Crippen LogP contribution in [-0.4, -0.2) is 38.6 Å². The largest absolute Gasteiger partial charge is 0.493 e. The summed E-state index contributed by atoms with van der Waals surface area (Å²) in [5.74, 6) is 1.04. The lowest BCUT2D eigenvalue weighted by Crippen LogP contribution is -2.30. The Kier molecular flexibility index (Phi) is 6.84. The van der Waals surface area contributed by atoms with Crippen LogP contribution < -0.4 is 14.8 Å². The number of nitriles is 1. The number of halogens is 1. The molecule has 7 heteroatoms. The highest BCUT2D eigenvalue weighted by atomic mass is 35.5. The van der Waals surface area contributed by atoms with Crippen molar-refractivity contribution in [3.63, 3.8) is 0 Å². The summed E-state index contributed by atoms with van der Waals surface area (Å²) in [5, 5.41) is 12.3. The van der Waals surface area contributed by atoms with Gasteiger partial charge in [-0.15, -0.1) is 0 Å². The maximum Gasteiger partial charge on any atom is 0.238 e. The van der Waals surface area contributed by atoms with E-state index in [0.29, 0.717) is 34.3 Å². The van der Waals surface area contributed by atoms with Gasteiger partial charge in [-0.05, 0) is 31.3 Å². The molecule has 2 rings (SSSR count). The molecule has 136 valence electrons. The fourth-order valence-electron chi connectivity index (χ4n) is 2.58. The minimum absolute atomic E-state index is 0.137. The topological polar surface area (TPSA) is 74.6 Å². The normalized spacial score (nSPS) is 10.3. The molecule has 0 radical (unpaired) electrons. The second kappa shape index (κ2) is 9.09. The number of ether oxygens (including phenoxy) is 2. The van der Waals surface area contributed by atoms with E-state index in [1.165, 1.54) is 0 Å². The van der Waals surface area contributed by atoms with Crippen molar-refractivity contribution in [3.8, 4) is 17.6 Å².